The SMILES string of the molecule is Cc1ccc(N(CC(=O)N(Cc2cccc(Cl)c2)C(Cc2ccccc2)C(=O)NC2CCCCC2)S(=O)(=O)c2ccccc2)cc1. The van der Waals surface area contributed by atoms with Crippen molar-refractivity contribution in [2.75, 3.05) is 10.8 Å². The van der Waals surface area contributed by atoms with Crippen LogP contribution in [0.1, 0.15) is 48.8 Å². The summed E-state index contributed by atoms with van der Waals surface area (Å²) in [6.07, 6.45) is 5.28. The summed E-state index contributed by atoms with van der Waals surface area (Å²) in [7, 11) is -4.14. The van der Waals surface area contributed by atoms with Gasteiger partial charge in [0, 0.05) is 24.0 Å². The fraction of sp³-hybridized carbons (Fsp3) is 0.297. The molecule has 0 bridgehead atoms. The maximum atomic E-state index is 14.6. The molecule has 9 heteroatoms. The lowest BCUT2D eigenvalue weighted by Crippen LogP contribution is -2.55. The van der Waals surface area contributed by atoms with Crippen molar-refractivity contribution >= 4 is 39.1 Å². The van der Waals surface area contributed by atoms with Gasteiger partial charge in [0.05, 0.1) is 10.6 Å². The van der Waals surface area contributed by atoms with Crippen LogP contribution in [0.5, 0.6) is 0 Å². The molecule has 1 aliphatic carbocycles. The summed E-state index contributed by atoms with van der Waals surface area (Å²) in [6, 6.07) is 31.0. The summed E-state index contributed by atoms with van der Waals surface area (Å²) < 4.78 is 29.3. The van der Waals surface area contributed by atoms with Gasteiger partial charge in [0.25, 0.3) is 10.0 Å². The van der Waals surface area contributed by atoms with Gasteiger partial charge in [-0.1, -0.05) is 109 Å². The Kier molecular flexibility index (Phi) is 11.1. The summed E-state index contributed by atoms with van der Waals surface area (Å²) in [4.78, 5) is 30.3. The van der Waals surface area contributed by atoms with E-state index in [0.717, 1.165) is 53.1 Å². The lowest BCUT2D eigenvalue weighted by atomic mass is 9.94. The predicted molar refractivity (Wildman–Crippen MR) is 183 cm³/mol. The zero-order chi connectivity index (χ0) is 32.5. The van der Waals surface area contributed by atoms with Gasteiger partial charge >= 0.3 is 0 Å². The lowest BCUT2D eigenvalue weighted by Gasteiger charge is -2.35. The first-order valence-electron chi connectivity index (χ1n) is 15.7. The van der Waals surface area contributed by atoms with Crippen LogP contribution in [-0.2, 0) is 32.6 Å². The monoisotopic (exact) mass is 657 g/mol. The van der Waals surface area contributed by atoms with E-state index in [4.69, 9.17) is 11.6 Å². The number of sulfonamides is 1. The Balaban J connectivity index is 1.55. The van der Waals surface area contributed by atoms with Gasteiger partial charge < -0.3 is 10.2 Å². The largest absolute Gasteiger partial charge is 0.352 e. The Labute approximate surface area is 277 Å². The van der Waals surface area contributed by atoms with Crippen LogP contribution in [0.4, 0.5) is 5.69 Å². The van der Waals surface area contributed by atoms with Crippen LogP contribution < -0.4 is 9.62 Å². The van der Waals surface area contributed by atoms with Crippen molar-refractivity contribution in [3.8, 4) is 0 Å². The predicted octanol–water partition coefficient (Wildman–Crippen LogP) is 6.93. The fourth-order valence-electron chi connectivity index (χ4n) is 5.89. The average molecular weight is 658 g/mol. The Morgan fingerprint density at radius 3 is 2.11 bits per heavy atom. The number of anilines is 1. The molecule has 0 heterocycles. The summed E-state index contributed by atoms with van der Waals surface area (Å²) in [5.41, 5.74) is 2.94. The van der Waals surface area contributed by atoms with E-state index in [1.165, 1.54) is 17.0 Å². The molecular formula is C37H40ClN3O4S. The van der Waals surface area contributed by atoms with Crippen molar-refractivity contribution < 1.29 is 18.0 Å². The molecule has 1 unspecified atom stereocenters. The molecule has 1 fully saturated rings. The molecule has 0 spiro atoms. The van der Waals surface area contributed by atoms with Gasteiger partial charge in [-0.25, -0.2) is 8.42 Å². The average Bonchev–Trinajstić information content (AvgIpc) is 3.07. The third-order valence-corrected chi connectivity index (χ3v) is 10.4. The van der Waals surface area contributed by atoms with Crippen molar-refractivity contribution in [1.82, 2.24) is 10.2 Å². The third-order valence-electron chi connectivity index (χ3n) is 8.40. The highest BCUT2D eigenvalue weighted by Crippen LogP contribution is 2.26. The van der Waals surface area contributed by atoms with E-state index in [1.807, 2.05) is 55.5 Å². The molecule has 4 aromatic rings. The molecule has 4 aromatic carbocycles. The van der Waals surface area contributed by atoms with E-state index in [1.54, 1.807) is 48.5 Å². The number of benzene rings is 4. The quantitative estimate of drug-likeness (QED) is 0.179. The van der Waals surface area contributed by atoms with E-state index in [-0.39, 0.29) is 29.8 Å². The van der Waals surface area contributed by atoms with E-state index in [2.05, 4.69) is 5.32 Å². The highest BCUT2D eigenvalue weighted by Gasteiger charge is 2.35. The molecule has 2 amide bonds. The van der Waals surface area contributed by atoms with E-state index in [0.29, 0.717) is 10.7 Å². The molecule has 1 aliphatic rings. The van der Waals surface area contributed by atoms with Crippen molar-refractivity contribution in [3.05, 3.63) is 131 Å². The van der Waals surface area contributed by atoms with Gasteiger partial charge in [0.15, 0.2) is 0 Å². The number of nitrogens with one attached hydrogen (secondary N) is 1. The first kappa shape index (κ1) is 33.2. The maximum absolute atomic E-state index is 14.6. The van der Waals surface area contributed by atoms with Crippen LogP contribution in [-0.4, -0.2) is 43.8 Å². The molecule has 0 radical (unpaired) electrons. The van der Waals surface area contributed by atoms with Crippen LogP contribution in [0, 0.1) is 6.92 Å². The Hall–Kier alpha value is -4.14. The highest BCUT2D eigenvalue weighted by molar-refractivity contribution is 7.92. The Morgan fingerprint density at radius 2 is 1.46 bits per heavy atom. The van der Waals surface area contributed by atoms with Crippen LogP contribution in [0.15, 0.2) is 114 Å². The third kappa shape index (κ3) is 8.56. The second-order valence-electron chi connectivity index (χ2n) is 11.9. The van der Waals surface area contributed by atoms with Gasteiger partial charge in [0.1, 0.15) is 12.6 Å². The second-order valence-corrected chi connectivity index (χ2v) is 14.2. The van der Waals surface area contributed by atoms with E-state index >= 15 is 0 Å². The van der Waals surface area contributed by atoms with Crippen LogP contribution in [0.2, 0.25) is 5.02 Å². The summed E-state index contributed by atoms with van der Waals surface area (Å²) in [5.74, 6) is -0.751. The molecule has 1 N–H and O–H groups in total. The molecule has 46 heavy (non-hydrogen) atoms. The summed E-state index contributed by atoms with van der Waals surface area (Å²) >= 11 is 6.34. The number of hydrogen-bond acceptors (Lipinski definition) is 4. The molecule has 0 saturated heterocycles. The topological polar surface area (TPSA) is 86.8 Å². The number of carbonyl (C=O) groups is 2. The normalized spacial score (nSPS) is 14.3. The Bertz CT molecular complexity index is 1710. The fourth-order valence-corrected chi connectivity index (χ4v) is 7.54. The molecule has 1 atom stereocenters. The number of carbonyl (C=O) groups excluding carboxylic acids is 2. The number of aryl methyl sites for hydroxylation is 1. The smallest absolute Gasteiger partial charge is 0.264 e. The van der Waals surface area contributed by atoms with Gasteiger partial charge in [-0.3, -0.25) is 13.9 Å². The Morgan fingerprint density at radius 1 is 0.826 bits per heavy atom. The number of nitrogens with zero attached hydrogens (tertiary/aromatic N) is 2. The van der Waals surface area contributed by atoms with Gasteiger partial charge in [0.2, 0.25) is 11.8 Å². The second kappa shape index (κ2) is 15.4. The zero-order valence-electron chi connectivity index (χ0n) is 26.0. The van der Waals surface area contributed by atoms with Gasteiger partial charge in [-0.2, -0.15) is 0 Å². The van der Waals surface area contributed by atoms with Crippen LogP contribution in [0.3, 0.4) is 0 Å². The van der Waals surface area contributed by atoms with Crippen molar-refractivity contribution in [2.24, 2.45) is 0 Å². The standard InChI is InChI=1S/C37H40ClN3O4S/c1-28-20-22-33(23-21-28)41(46(44,45)34-18-9-4-10-19-34)27-36(42)40(26-30-14-11-15-31(38)24-30)35(25-29-12-5-2-6-13-29)37(43)39-32-16-7-3-8-17-32/h2,4-6,9-15,18-24,32,35H,3,7-8,16-17,25-27H2,1H3,(H,39,43). The molecule has 5 rings (SSSR count). The minimum Gasteiger partial charge on any atom is -0.352 e. The summed E-state index contributed by atoms with van der Waals surface area (Å²) in [6.45, 7) is 1.49. The van der Waals surface area contributed by atoms with Crippen molar-refractivity contribution in [2.45, 2.75) is 69.0 Å². The van der Waals surface area contributed by atoms with Crippen molar-refractivity contribution in [1.29, 1.82) is 0 Å². The molecule has 0 aromatic heterocycles. The minimum atomic E-state index is -4.14. The number of rotatable bonds is 12. The lowest BCUT2D eigenvalue weighted by molar-refractivity contribution is -0.140. The number of halogens is 1. The van der Waals surface area contributed by atoms with Crippen molar-refractivity contribution in [3.63, 3.8) is 0 Å². The van der Waals surface area contributed by atoms with Crippen LogP contribution in [0.25, 0.3) is 0 Å². The van der Waals surface area contributed by atoms with E-state index < -0.39 is 28.5 Å². The van der Waals surface area contributed by atoms with E-state index in [9.17, 15) is 18.0 Å². The molecular weight excluding hydrogens is 618 g/mol. The molecule has 0 aliphatic heterocycles. The number of amides is 2. The van der Waals surface area contributed by atoms with Gasteiger partial charge in [-0.15, -0.1) is 0 Å². The molecule has 1 saturated carbocycles. The maximum Gasteiger partial charge on any atom is 0.264 e. The number of hydrogen-bond donors (Lipinski definition) is 1. The van der Waals surface area contributed by atoms with Gasteiger partial charge in [-0.05, 0) is 67.3 Å². The molecule has 7 nitrogen and oxygen atoms in total. The highest BCUT2D eigenvalue weighted by atomic mass is 35.5. The summed E-state index contributed by atoms with van der Waals surface area (Å²) in [5, 5.41) is 3.73. The zero-order valence-corrected chi connectivity index (χ0v) is 27.6. The molecule has 240 valence electrons. The minimum absolute atomic E-state index is 0.0326. The first-order valence-corrected chi connectivity index (χ1v) is 17.6. The van der Waals surface area contributed by atoms with Crippen LogP contribution >= 0.6 is 11.6 Å². The first-order chi connectivity index (χ1) is 22.2.